The van der Waals surface area contributed by atoms with E-state index in [1.54, 1.807) is 0 Å². The molecule has 0 saturated carbocycles. The lowest BCUT2D eigenvalue weighted by Crippen LogP contribution is -3.00. The molecule has 2 aromatic heterocycles. The minimum Gasteiger partial charge on any atom is -1.00 e. The summed E-state index contributed by atoms with van der Waals surface area (Å²) in [6, 6.07) is 18.4. The molecule has 3 aromatic rings. The van der Waals surface area contributed by atoms with E-state index in [4.69, 9.17) is 0 Å². The van der Waals surface area contributed by atoms with Crippen molar-refractivity contribution in [2.24, 2.45) is 0 Å². The Morgan fingerprint density at radius 2 is 1.17 bits per heavy atom. The molecule has 0 bridgehead atoms. The normalized spacial score (nSPS) is 18.2. The predicted molar refractivity (Wildman–Crippen MR) is 161 cm³/mol. The number of benzene rings is 1. The second-order valence-corrected chi connectivity index (χ2v) is 11.4. The molecule has 2 aliphatic rings. The van der Waals surface area contributed by atoms with E-state index in [0.717, 1.165) is 49.9 Å². The molecule has 222 valence electrons. The Bertz CT molecular complexity index is 1300. The van der Waals surface area contributed by atoms with Gasteiger partial charge in [0.05, 0.1) is 0 Å². The Kier molecular flexibility index (Phi) is 14.2. The fourth-order valence-electron chi connectivity index (χ4n) is 6.12. The maximum atomic E-state index is 3.37. The van der Waals surface area contributed by atoms with Gasteiger partial charge in [0.2, 0.25) is 0 Å². The van der Waals surface area contributed by atoms with E-state index in [-0.39, 0.29) is 34.0 Å². The number of likely N-dealkylation sites (tertiary alicyclic amines) is 2. The van der Waals surface area contributed by atoms with Crippen LogP contribution in [0.3, 0.4) is 0 Å². The quantitative estimate of drug-likeness (QED) is 0.179. The number of rotatable bonds is 8. The summed E-state index contributed by atoms with van der Waals surface area (Å²) >= 11 is 0. The first-order valence-corrected chi connectivity index (χ1v) is 15.1. The highest BCUT2D eigenvalue weighted by Gasteiger charge is 2.25. The van der Waals surface area contributed by atoms with Gasteiger partial charge < -0.3 is 34.0 Å². The van der Waals surface area contributed by atoms with Crippen LogP contribution in [0.2, 0.25) is 0 Å². The summed E-state index contributed by atoms with van der Waals surface area (Å²) in [5.74, 6) is 13.4. The molecule has 0 spiro atoms. The van der Waals surface area contributed by atoms with E-state index in [1.807, 2.05) is 0 Å². The van der Waals surface area contributed by atoms with E-state index < -0.39 is 0 Å². The lowest BCUT2D eigenvalue weighted by Gasteiger charge is -2.18. The van der Waals surface area contributed by atoms with Crippen LogP contribution in [0.15, 0.2) is 73.3 Å². The molecule has 42 heavy (non-hydrogen) atoms. The zero-order valence-corrected chi connectivity index (χ0v) is 28.3. The van der Waals surface area contributed by atoms with Crippen LogP contribution in [0.25, 0.3) is 0 Å². The first-order valence-electron chi connectivity index (χ1n) is 15.1. The highest BCUT2D eigenvalue weighted by molar-refractivity contribution is 5.43. The number of hydrogen-bond donors (Lipinski definition) is 0. The molecule has 0 aliphatic carbocycles. The van der Waals surface area contributed by atoms with Crippen molar-refractivity contribution in [1.29, 1.82) is 0 Å². The zero-order chi connectivity index (χ0) is 27.6. The van der Waals surface area contributed by atoms with Crippen molar-refractivity contribution in [2.75, 3.05) is 27.2 Å². The van der Waals surface area contributed by atoms with Crippen LogP contribution in [0.1, 0.15) is 85.7 Å². The van der Waals surface area contributed by atoms with Gasteiger partial charge in [-0.2, -0.15) is 0 Å². The van der Waals surface area contributed by atoms with Crippen LogP contribution in [0, 0.1) is 23.7 Å². The molecule has 2 atom stereocenters. The number of aryl methyl sites for hydroxylation is 2. The fraction of sp³-hybridized carbons (Fsp3) is 0.444. The lowest BCUT2D eigenvalue weighted by atomic mass is 10.1. The summed E-state index contributed by atoms with van der Waals surface area (Å²) in [7, 11) is 4.47. The van der Waals surface area contributed by atoms with Crippen LogP contribution >= 0.6 is 0 Å². The maximum absolute atomic E-state index is 3.37. The summed E-state index contributed by atoms with van der Waals surface area (Å²) < 4.78 is 4.64. The van der Waals surface area contributed by atoms with Crippen molar-refractivity contribution < 1.29 is 43.1 Å². The highest BCUT2D eigenvalue weighted by atomic mass is 79.9. The second kappa shape index (κ2) is 17.6. The third-order valence-corrected chi connectivity index (χ3v) is 8.34. The van der Waals surface area contributed by atoms with E-state index in [9.17, 15) is 0 Å². The number of hydrogen-bond acceptors (Lipinski definition) is 2. The highest BCUT2D eigenvalue weighted by Crippen LogP contribution is 2.30. The van der Waals surface area contributed by atoms with Gasteiger partial charge in [-0.25, -0.2) is 9.13 Å². The second-order valence-electron chi connectivity index (χ2n) is 11.4. The molecule has 4 nitrogen and oxygen atoms in total. The number of aromatic nitrogens is 2. The Morgan fingerprint density at radius 3 is 1.60 bits per heavy atom. The Hall–Kier alpha value is -2.48. The van der Waals surface area contributed by atoms with E-state index in [1.165, 1.54) is 49.9 Å². The van der Waals surface area contributed by atoms with Gasteiger partial charge >= 0.3 is 0 Å². The van der Waals surface area contributed by atoms with Crippen LogP contribution in [0.4, 0.5) is 0 Å². The SMILES string of the molecule is CN1CCC[C@@H]1c1ccc[n+](CCCC#Cc2cccc(C#CCCC[n+]3cccc([C@H]4CCCN4C)c3)c2)c1.[Br-].[Br-]. The monoisotopic (exact) mass is 690 g/mol. The van der Waals surface area contributed by atoms with Crippen LogP contribution < -0.4 is 43.1 Å². The van der Waals surface area contributed by atoms with Gasteiger partial charge in [-0.05, 0) is 83.2 Å². The molecule has 2 aliphatic heterocycles. The Labute approximate surface area is 274 Å². The molecule has 2 fully saturated rings. The van der Waals surface area contributed by atoms with Crippen molar-refractivity contribution in [3.8, 4) is 23.7 Å². The molecule has 2 saturated heterocycles. The summed E-state index contributed by atoms with van der Waals surface area (Å²) in [5, 5.41) is 0. The minimum absolute atomic E-state index is 0. The molecule has 1 aromatic carbocycles. The first-order chi connectivity index (χ1) is 19.7. The fourth-order valence-corrected chi connectivity index (χ4v) is 6.12. The third kappa shape index (κ3) is 9.78. The van der Waals surface area contributed by atoms with Crippen molar-refractivity contribution in [1.82, 2.24) is 9.80 Å². The van der Waals surface area contributed by atoms with E-state index in [0.29, 0.717) is 12.1 Å². The van der Waals surface area contributed by atoms with Crippen molar-refractivity contribution in [3.05, 3.63) is 95.6 Å². The van der Waals surface area contributed by atoms with Crippen LogP contribution in [-0.4, -0.2) is 37.0 Å². The summed E-state index contributed by atoms with van der Waals surface area (Å²) in [5.41, 5.74) is 4.98. The topological polar surface area (TPSA) is 14.2 Å². The number of pyridine rings is 2. The zero-order valence-electron chi connectivity index (χ0n) is 25.1. The largest absolute Gasteiger partial charge is 1.00 e. The van der Waals surface area contributed by atoms with Crippen LogP contribution in [0.5, 0.6) is 0 Å². The Balaban J connectivity index is 0.00000242. The molecular formula is C36H44Br2N4. The average Bonchev–Trinajstić information content (AvgIpc) is 3.61. The van der Waals surface area contributed by atoms with E-state index >= 15 is 0 Å². The standard InChI is InChI=1S/C36H44N4.2BrH/c1-37-22-12-20-35(37)33-18-10-26-39(29-33)24-7-3-5-14-31-16-9-17-32(28-31)15-6-4-8-25-40-27-11-19-34(30-40)36-21-13-23-38(36)2;;/h9-11,16-19,26-30,35-36H,3-4,7-8,12-13,20-25H2,1-2H3;2*1H/q+2;;/p-2/t35-,36-;;/m1../s1. The van der Waals surface area contributed by atoms with Crippen molar-refractivity contribution in [2.45, 2.75) is 76.5 Å². The third-order valence-electron chi connectivity index (χ3n) is 8.34. The summed E-state index contributed by atoms with van der Waals surface area (Å²) in [6.07, 6.45) is 18.0. The lowest BCUT2D eigenvalue weighted by molar-refractivity contribution is -0.697. The smallest absolute Gasteiger partial charge is 0.173 e. The molecule has 0 amide bonds. The van der Waals surface area contributed by atoms with Gasteiger partial charge in [0.15, 0.2) is 24.8 Å². The molecule has 0 radical (unpaired) electrons. The first kappa shape index (κ1) is 34.0. The van der Waals surface area contributed by atoms with Gasteiger partial charge in [-0.15, -0.1) is 0 Å². The average molecular weight is 693 g/mol. The Morgan fingerprint density at radius 1 is 0.690 bits per heavy atom. The van der Waals surface area contributed by atoms with Crippen LogP contribution in [-0.2, 0) is 13.1 Å². The van der Waals surface area contributed by atoms with Gasteiger partial charge in [0.25, 0.3) is 0 Å². The van der Waals surface area contributed by atoms with E-state index in [2.05, 4.69) is 130 Å². The molecular weight excluding hydrogens is 648 g/mol. The van der Waals surface area contributed by atoms with Gasteiger partial charge in [0, 0.05) is 72.2 Å². The summed E-state index contributed by atoms with van der Waals surface area (Å²) in [4.78, 5) is 4.94. The maximum Gasteiger partial charge on any atom is 0.173 e. The molecule has 5 rings (SSSR count). The molecule has 0 unspecified atom stereocenters. The van der Waals surface area contributed by atoms with Crippen molar-refractivity contribution >= 4 is 0 Å². The minimum atomic E-state index is 0. The van der Waals surface area contributed by atoms with Gasteiger partial charge in [-0.1, -0.05) is 29.7 Å². The summed E-state index contributed by atoms with van der Waals surface area (Å²) in [6.45, 7) is 4.42. The van der Waals surface area contributed by atoms with Gasteiger partial charge in [0.1, 0.15) is 13.1 Å². The van der Waals surface area contributed by atoms with Crippen molar-refractivity contribution in [3.63, 3.8) is 0 Å². The molecule has 6 heteroatoms. The predicted octanol–water partition coefficient (Wildman–Crippen LogP) is -0.533. The number of nitrogens with zero attached hydrogens (tertiary/aromatic N) is 4. The number of halogens is 2. The molecule has 4 heterocycles. The number of unbranched alkanes of at least 4 members (excludes halogenated alkanes) is 2. The van der Waals surface area contributed by atoms with Gasteiger partial charge in [-0.3, -0.25) is 9.80 Å². The molecule has 0 N–H and O–H groups in total.